The van der Waals surface area contributed by atoms with Gasteiger partial charge in [-0.3, -0.25) is 5.43 Å². The highest BCUT2D eigenvalue weighted by atomic mass is 16.6. The van der Waals surface area contributed by atoms with Crippen LogP contribution in [-0.2, 0) is 4.74 Å². The van der Waals surface area contributed by atoms with Gasteiger partial charge >= 0.3 is 6.09 Å². The molecule has 2 rings (SSSR count). The summed E-state index contributed by atoms with van der Waals surface area (Å²) in [6.45, 7) is 8.69. The fourth-order valence-corrected chi connectivity index (χ4v) is 3.24. The first-order chi connectivity index (χ1) is 9.94. The molecule has 1 amide bonds. The summed E-state index contributed by atoms with van der Waals surface area (Å²) in [5.41, 5.74) is 3.26. The van der Waals surface area contributed by atoms with Crippen molar-refractivity contribution in [3.63, 3.8) is 0 Å². The zero-order valence-electron chi connectivity index (χ0n) is 13.8. The minimum absolute atomic E-state index is 0.300. The van der Waals surface area contributed by atoms with E-state index in [-0.39, 0.29) is 6.09 Å². The Kier molecular flexibility index (Phi) is 5.88. The van der Waals surface area contributed by atoms with E-state index in [9.17, 15) is 4.79 Å². The molecule has 0 aromatic rings. The van der Waals surface area contributed by atoms with E-state index in [0.29, 0.717) is 18.5 Å². The second-order valence-electron chi connectivity index (χ2n) is 7.36. The van der Waals surface area contributed by atoms with Crippen molar-refractivity contribution in [1.29, 1.82) is 0 Å². The number of carbonyl (C=O) groups is 1. The number of piperidine rings is 1. The van der Waals surface area contributed by atoms with Gasteiger partial charge in [0.25, 0.3) is 0 Å². The van der Waals surface area contributed by atoms with Gasteiger partial charge in [0.05, 0.1) is 0 Å². The number of carbonyl (C=O) groups excluding carboxylic acids is 1. The summed E-state index contributed by atoms with van der Waals surface area (Å²) in [6, 6.07) is 0.498. The Hall–Kier alpha value is -0.810. The molecule has 1 aliphatic carbocycles. The van der Waals surface area contributed by atoms with Crippen LogP contribution in [0, 0.1) is 5.92 Å². The lowest BCUT2D eigenvalue weighted by Crippen LogP contribution is -2.50. The number of alkyl carbamates (subject to hydrolysis) is 1. The monoisotopic (exact) mass is 297 g/mol. The van der Waals surface area contributed by atoms with Crippen molar-refractivity contribution in [2.75, 3.05) is 19.6 Å². The lowest BCUT2D eigenvalue weighted by molar-refractivity contribution is 0.0509. The number of ether oxygens (including phenoxy) is 1. The van der Waals surface area contributed by atoms with Crippen LogP contribution in [0.25, 0.3) is 0 Å². The predicted molar refractivity (Wildman–Crippen MR) is 83.9 cm³/mol. The second-order valence-corrected chi connectivity index (χ2v) is 7.36. The maximum atomic E-state index is 11.7. The predicted octanol–water partition coefficient (Wildman–Crippen LogP) is 2.67. The van der Waals surface area contributed by atoms with Crippen LogP contribution < -0.4 is 10.7 Å². The zero-order chi connectivity index (χ0) is 15.3. The Balaban J connectivity index is 1.72. The third-order valence-corrected chi connectivity index (χ3v) is 4.27. The van der Waals surface area contributed by atoms with Gasteiger partial charge in [0.15, 0.2) is 0 Å². The first kappa shape index (κ1) is 16.6. The van der Waals surface area contributed by atoms with Crippen molar-refractivity contribution < 1.29 is 9.53 Å². The van der Waals surface area contributed by atoms with Gasteiger partial charge in [-0.2, -0.15) is 0 Å². The van der Waals surface area contributed by atoms with Crippen molar-refractivity contribution in [3.8, 4) is 0 Å². The van der Waals surface area contributed by atoms with E-state index in [1.807, 2.05) is 20.8 Å². The molecule has 0 aromatic heterocycles. The Morgan fingerprint density at radius 1 is 1.14 bits per heavy atom. The van der Waals surface area contributed by atoms with E-state index >= 15 is 0 Å². The average Bonchev–Trinajstić information content (AvgIpc) is 2.83. The Morgan fingerprint density at radius 2 is 1.86 bits per heavy atom. The summed E-state index contributed by atoms with van der Waals surface area (Å²) < 4.78 is 5.30. The van der Waals surface area contributed by atoms with E-state index in [4.69, 9.17) is 4.74 Å². The lowest BCUT2D eigenvalue weighted by atomic mass is 10.0. The van der Waals surface area contributed by atoms with Crippen LogP contribution in [0.2, 0.25) is 0 Å². The molecule has 1 saturated heterocycles. The number of hydrazine groups is 1. The summed E-state index contributed by atoms with van der Waals surface area (Å²) >= 11 is 0. The molecule has 0 spiro atoms. The van der Waals surface area contributed by atoms with Crippen LogP contribution in [0.1, 0.15) is 59.3 Å². The third kappa shape index (κ3) is 5.83. The molecule has 0 aromatic carbocycles. The standard InChI is InChI=1S/C16H31N3O2/c1-16(2,3)21-15(20)17-12-13-8-7-9-14(13)18-19-10-5-4-6-11-19/h13-14,18H,4-12H2,1-3H3,(H,17,20). The molecule has 2 N–H and O–H groups in total. The highest BCUT2D eigenvalue weighted by Gasteiger charge is 2.29. The van der Waals surface area contributed by atoms with Crippen LogP contribution in [0.4, 0.5) is 4.79 Å². The van der Waals surface area contributed by atoms with Gasteiger partial charge < -0.3 is 10.1 Å². The van der Waals surface area contributed by atoms with Crippen molar-refractivity contribution in [1.82, 2.24) is 15.8 Å². The van der Waals surface area contributed by atoms with Crippen LogP contribution in [0.5, 0.6) is 0 Å². The van der Waals surface area contributed by atoms with E-state index in [1.165, 1.54) is 38.5 Å². The molecule has 2 fully saturated rings. The van der Waals surface area contributed by atoms with Gasteiger partial charge in [-0.05, 0) is 52.4 Å². The number of amides is 1. The molecular formula is C16H31N3O2. The summed E-state index contributed by atoms with van der Waals surface area (Å²) in [7, 11) is 0. The molecule has 1 heterocycles. The molecular weight excluding hydrogens is 266 g/mol. The quantitative estimate of drug-likeness (QED) is 0.837. The summed E-state index contributed by atoms with van der Waals surface area (Å²) in [5.74, 6) is 0.513. The summed E-state index contributed by atoms with van der Waals surface area (Å²) in [5, 5.41) is 5.30. The van der Waals surface area contributed by atoms with E-state index in [1.54, 1.807) is 0 Å². The molecule has 21 heavy (non-hydrogen) atoms. The fraction of sp³-hybridized carbons (Fsp3) is 0.938. The van der Waals surface area contributed by atoms with E-state index in [2.05, 4.69) is 15.8 Å². The fourth-order valence-electron chi connectivity index (χ4n) is 3.24. The van der Waals surface area contributed by atoms with Crippen molar-refractivity contribution in [2.24, 2.45) is 5.92 Å². The Morgan fingerprint density at radius 3 is 2.52 bits per heavy atom. The highest BCUT2D eigenvalue weighted by Crippen LogP contribution is 2.26. The minimum atomic E-state index is -0.425. The molecule has 2 unspecified atom stereocenters. The largest absolute Gasteiger partial charge is 0.444 e. The van der Waals surface area contributed by atoms with E-state index in [0.717, 1.165) is 13.1 Å². The molecule has 122 valence electrons. The average molecular weight is 297 g/mol. The minimum Gasteiger partial charge on any atom is -0.444 e. The van der Waals surface area contributed by atoms with Crippen molar-refractivity contribution >= 4 is 6.09 Å². The van der Waals surface area contributed by atoms with Crippen molar-refractivity contribution in [2.45, 2.75) is 70.9 Å². The van der Waals surface area contributed by atoms with Gasteiger partial charge in [-0.1, -0.05) is 12.8 Å². The van der Waals surface area contributed by atoms with E-state index < -0.39 is 5.60 Å². The van der Waals surface area contributed by atoms with Crippen LogP contribution in [-0.4, -0.2) is 42.4 Å². The molecule has 1 aliphatic heterocycles. The van der Waals surface area contributed by atoms with Gasteiger partial charge in [-0.25, -0.2) is 9.80 Å². The lowest BCUT2D eigenvalue weighted by Gasteiger charge is -2.32. The van der Waals surface area contributed by atoms with Crippen LogP contribution in [0.15, 0.2) is 0 Å². The molecule has 5 heteroatoms. The van der Waals surface area contributed by atoms with Gasteiger partial charge in [0, 0.05) is 25.7 Å². The first-order valence-electron chi connectivity index (χ1n) is 8.42. The summed E-state index contributed by atoms with van der Waals surface area (Å²) in [6.07, 6.45) is 7.27. The number of hydrogen-bond acceptors (Lipinski definition) is 4. The second kappa shape index (κ2) is 7.45. The molecule has 1 saturated carbocycles. The first-order valence-corrected chi connectivity index (χ1v) is 8.42. The molecule has 2 aliphatic rings. The normalized spacial score (nSPS) is 27.6. The smallest absolute Gasteiger partial charge is 0.407 e. The molecule has 0 radical (unpaired) electrons. The Bertz CT molecular complexity index is 335. The third-order valence-electron chi connectivity index (χ3n) is 4.27. The molecule has 5 nitrogen and oxygen atoms in total. The van der Waals surface area contributed by atoms with Crippen molar-refractivity contribution in [3.05, 3.63) is 0 Å². The number of nitrogens with zero attached hydrogens (tertiary/aromatic N) is 1. The Labute approximate surface area is 128 Å². The maximum Gasteiger partial charge on any atom is 0.407 e. The van der Waals surface area contributed by atoms with Crippen LogP contribution in [0.3, 0.4) is 0 Å². The highest BCUT2D eigenvalue weighted by molar-refractivity contribution is 5.67. The number of nitrogens with one attached hydrogen (secondary N) is 2. The molecule has 0 bridgehead atoms. The van der Waals surface area contributed by atoms with Crippen LogP contribution >= 0.6 is 0 Å². The van der Waals surface area contributed by atoms with Gasteiger partial charge in [0.1, 0.15) is 5.60 Å². The maximum absolute atomic E-state index is 11.7. The SMILES string of the molecule is CC(C)(C)OC(=O)NCC1CCCC1NN1CCCCC1. The number of hydrogen-bond donors (Lipinski definition) is 2. The number of rotatable bonds is 4. The summed E-state index contributed by atoms with van der Waals surface area (Å²) in [4.78, 5) is 11.7. The van der Waals surface area contributed by atoms with Gasteiger partial charge in [-0.15, -0.1) is 0 Å². The molecule has 2 atom stereocenters. The van der Waals surface area contributed by atoms with Gasteiger partial charge in [0.2, 0.25) is 0 Å². The topological polar surface area (TPSA) is 53.6 Å². The zero-order valence-corrected chi connectivity index (χ0v) is 13.8.